The van der Waals surface area contributed by atoms with Crippen LogP contribution in [0, 0.1) is 0 Å². The number of carbonyl (C=O) groups excluding carboxylic acids is 2. The van der Waals surface area contributed by atoms with Crippen LogP contribution in [0.2, 0.25) is 15.1 Å². The Kier molecular flexibility index (Phi) is 11.9. The fourth-order valence-corrected chi connectivity index (χ4v) is 7.71. The lowest BCUT2D eigenvalue weighted by atomic mass is 9.94. The molecule has 5 rings (SSSR count). The molecule has 1 aliphatic carbocycles. The summed E-state index contributed by atoms with van der Waals surface area (Å²) in [5.41, 5.74) is 1.68. The topological polar surface area (TPSA) is 86.8 Å². The van der Waals surface area contributed by atoms with E-state index < -0.39 is 28.5 Å². The first-order valence-electron chi connectivity index (χ1n) is 15.5. The number of hydrogen-bond donors (Lipinski definition) is 1. The molecule has 0 aliphatic heterocycles. The summed E-state index contributed by atoms with van der Waals surface area (Å²) in [5, 5.41) is 4.30. The van der Waals surface area contributed by atoms with E-state index in [0.29, 0.717) is 20.6 Å². The molecule has 7 nitrogen and oxygen atoms in total. The fraction of sp³-hybridized carbons (Fsp3) is 0.278. The highest BCUT2D eigenvalue weighted by Gasteiger charge is 2.35. The molecular weight excluding hydrogens is 677 g/mol. The standard InChI is InChI=1S/C36H36Cl3N3O4S/c37-28-18-20-32(21-19-28)47(45,46)42(31-16-9-13-29(38)23-31)25-35(43)41(24-27-12-7-8-17-33(27)39)34(22-26-10-3-1-4-11-26)36(44)40-30-14-5-2-6-15-30/h1,3-4,7-13,16-21,23,30,34H,2,5-6,14-15,22,24-25H2,(H,40,44)/t34-/m1/s1. The van der Waals surface area contributed by atoms with Gasteiger partial charge in [-0.3, -0.25) is 13.9 Å². The van der Waals surface area contributed by atoms with Crippen molar-refractivity contribution in [1.82, 2.24) is 10.2 Å². The predicted molar refractivity (Wildman–Crippen MR) is 188 cm³/mol. The van der Waals surface area contributed by atoms with Crippen molar-refractivity contribution in [3.05, 3.63) is 129 Å². The first kappa shape index (κ1) is 34.8. The van der Waals surface area contributed by atoms with E-state index in [1.54, 1.807) is 42.5 Å². The average Bonchev–Trinajstić information content (AvgIpc) is 3.07. The maximum Gasteiger partial charge on any atom is 0.264 e. The van der Waals surface area contributed by atoms with E-state index in [9.17, 15) is 18.0 Å². The maximum atomic E-state index is 14.6. The molecule has 0 bridgehead atoms. The molecule has 4 aromatic carbocycles. The molecule has 1 aliphatic rings. The smallest absolute Gasteiger partial charge is 0.264 e. The van der Waals surface area contributed by atoms with E-state index in [2.05, 4.69) is 5.32 Å². The second-order valence-electron chi connectivity index (χ2n) is 11.6. The van der Waals surface area contributed by atoms with Gasteiger partial charge in [-0.25, -0.2) is 8.42 Å². The number of nitrogens with one attached hydrogen (secondary N) is 1. The Morgan fingerprint density at radius 1 is 0.787 bits per heavy atom. The minimum atomic E-state index is -4.28. The normalized spacial score (nSPS) is 14.3. The minimum absolute atomic E-state index is 0.0000280. The van der Waals surface area contributed by atoms with Gasteiger partial charge in [-0.05, 0) is 72.5 Å². The first-order valence-corrected chi connectivity index (χ1v) is 18.1. The number of benzene rings is 4. The molecule has 0 aromatic heterocycles. The van der Waals surface area contributed by atoms with Crippen LogP contribution in [0.4, 0.5) is 5.69 Å². The van der Waals surface area contributed by atoms with Gasteiger partial charge in [0, 0.05) is 34.1 Å². The number of rotatable bonds is 12. The van der Waals surface area contributed by atoms with Gasteiger partial charge in [0.15, 0.2) is 0 Å². The largest absolute Gasteiger partial charge is 0.352 e. The van der Waals surface area contributed by atoms with Gasteiger partial charge < -0.3 is 10.2 Å². The molecular formula is C36H36Cl3N3O4S. The lowest BCUT2D eigenvalue weighted by molar-refractivity contribution is -0.140. The van der Waals surface area contributed by atoms with Crippen molar-refractivity contribution in [3.63, 3.8) is 0 Å². The monoisotopic (exact) mass is 711 g/mol. The third-order valence-electron chi connectivity index (χ3n) is 8.30. The molecule has 2 amide bonds. The number of sulfonamides is 1. The maximum absolute atomic E-state index is 14.6. The molecule has 0 heterocycles. The van der Waals surface area contributed by atoms with Crippen LogP contribution in [0.25, 0.3) is 0 Å². The van der Waals surface area contributed by atoms with Crippen molar-refractivity contribution in [2.45, 2.75) is 62.0 Å². The summed E-state index contributed by atoms with van der Waals surface area (Å²) in [4.78, 5) is 30.2. The number of carbonyl (C=O) groups is 2. The molecule has 1 saturated carbocycles. The van der Waals surface area contributed by atoms with Gasteiger partial charge in [0.1, 0.15) is 12.6 Å². The van der Waals surface area contributed by atoms with E-state index in [0.717, 1.165) is 42.0 Å². The number of anilines is 1. The third kappa shape index (κ3) is 9.08. The van der Waals surface area contributed by atoms with Crippen LogP contribution >= 0.6 is 34.8 Å². The Morgan fingerprint density at radius 2 is 1.47 bits per heavy atom. The number of hydrogen-bond acceptors (Lipinski definition) is 4. The van der Waals surface area contributed by atoms with Gasteiger partial charge in [-0.2, -0.15) is 0 Å². The molecule has 47 heavy (non-hydrogen) atoms. The van der Waals surface area contributed by atoms with Gasteiger partial charge in [-0.1, -0.05) is 109 Å². The van der Waals surface area contributed by atoms with Crippen molar-refractivity contribution in [2.24, 2.45) is 0 Å². The number of nitrogens with zero attached hydrogens (tertiary/aromatic N) is 2. The van der Waals surface area contributed by atoms with E-state index >= 15 is 0 Å². The summed E-state index contributed by atoms with van der Waals surface area (Å²) in [6.45, 7) is -0.615. The molecule has 4 aromatic rings. The molecule has 1 N–H and O–H groups in total. The fourth-order valence-electron chi connectivity index (χ4n) is 5.80. The van der Waals surface area contributed by atoms with Crippen LogP contribution in [-0.4, -0.2) is 43.8 Å². The quantitative estimate of drug-likeness (QED) is 0.162. The summed E-state index contributed by atoms with van der Waals surface area (Å²) in [6, 6.07) is 27.6. The molecule has 0 saturated heterocycles. The van der Waals surface area contributed by atoms with Crippen LogP contribution in [0.1, 0.15) is 43.2 Å². The van der Waals surface area contributed by atoms with Crippen LogP contribution in [-0.2, 0) is 32.6 Å². The second-order valence-corrected chi connectivity index (χ2v) is 14.7. The molecule has 11 heteroatoms. The van der Waals surface area contributed by atoms with Gasteiger partial charge in [0.25, 0.3) is 10.0 Å². The number of amides is 2. The average molecular weight is 713 g/mol. The summed E-state index contributed by atoms with van der Waals surface area (Å²) >= 11 is 19.0. The van der Waals surface area contributed by atoms with Crippen molar-refractivity contribution in [2.75, 3.05) is 10.8 Å². The number of halogens is 3. The van der Waals surface area contributed by atoms with Gasteiger partial charge in [0.2, 0.25) is 11.8 Å². The Morgan fingerprint density at radius 3 is 2.15 bits per heavy atom. The second kappa shape index (κ2) is 16.0. The van der Waals surface area contributed by atoms with E-state index in [4.69, 9.17) is 34.8 Å². The Bertz CT molecular complexity index is 1780. The van der Waals surface area contributed by atoms with Gasteiger partial charge in [0.05, 0.1) is 10.6 Å². The van der Waals surface area contributed by atoms with Crippen molar-refractivity contribution in [1.29, 1.82) is 0 Å². The molecule has 0 radical (unpaired) electrons. The van der Waals surface area contributed by atoms with E-state index in [-0.39, 0.29) is 35.5 Å². The SMILES string of the molecule is O=C(NC1CCCCC1)[C@@H](Cc1ccccc1)N(Cc1ccccc1Cl)C(=O)CN(c1cccc(Cl)c1)S(=O)(=O)c1ccc(Cl)cc1. The van der Waals surface area contributed by atoms with Crippen molar-refractivity contribution >= 4 is 62.3 Å². The zero-order chi connectivity index (χ0) is 33.4. The first-order chi connectivity index (χ1) is 22.6. The minimum Gasteiger partial charge on any atom is -0.352 e. The van der Waals surface area contributed by atoms with Crippen LogP contribution in [0.5, 0.6) is 0 Å². The summed E-state index contributed by atoms with van der Waals surface area (Å²) in [7, 11) is -4.28. The summed E-state index contributed by atoms with van der Waals surface area (Å²) < 4.78 is 29.3. The van der Waals surface area contributed by atoms with Crippen LogP contribution in [0.3, 0.4) is 0 Å². The predicted octanol–water partition coefficient (Wildman–Crippen LogP) is 7.93. The van der Waals surface area contributed by atoms with E-state index in [1.807, 2.05) is 30.3 Å². The Labute approximate surface area is 291 Å². The van der Waals surface area contributed by atoms with E-state index in [1.165, 1.54) is 35.2 Å². The van der Waals surface area contributed by atoms with Crippen LogP contribution < -0.4 is 9.62 Å². The van der Waals surface area contributed by atoms with Crippen molar-refractivity contribution < 1.29 is 18.0 Å². The zero-order valence-corrected chi connectivity index (χ0v) is 28.8. The Hall–Kier alpha value is -3.56. The Balaban J connectivity index is 1.57. The van der Waals surface area contributed by atoms with Gasteiger partial charge >= 0.3 is 0 Å². The third-order valence-corrected chi connectivity index (χ3v) is 10.9. The van der Waals surface area contributed by atoms with Crippen molar-refractivity contribution in [3.8, 4) is 0 Å². The molecule has 0 unspecified atom stereocenters. The highest BCUT2D eigenvalue weighted by molar-refractivity contribution is 7.92. The van der Waals surface area contributed by atoms with Crippen LogP contribution in [0.15, 0.2) is 108 Å². The lowest BCUT2D eigenvalue weighted by Crippen LogP contribution is -2.55. The highest BCUT2D eigenvalue weighted by Crippen LogP contribution is 2.29. The van der Waals surface area contributed by atoms with Gasteiger partial charge in [-0.15, -0.1) is 0 Å². The lowest BCUT2D eigenvalue weighted by Gasteiger charge is -2.35. The summed E-state index contributed by atoms with van der Waals surface area (Å²) in [6.07, 6.45) is 5.12. The summed E-state index contributed by atoms with van der Waals surface area (Å²) in [5.74, 6) is -0.877. The molecule has 0 spiro atoms. The zero-order valence-electron chi connectivity index (χ0n) is 25.7. The highest BCUT2D eigenvalue weighted by atomic mass is 35.5. The molecule has 246 valence electrons. The molecule has 1 fully saturated rings. The molecule has 1 atom stereocenters.